The van der Waals surface area contributed by atoms with Crippen LogP contribution in [0.1, 0.15) is 27.2 Å². The second kappa shape index (κ2) is 8.68. The fourth-order valence-corrected chi connectivity index (χ4v) is 1.40. The van der Waals surface area contributed by atoms with E-state index in [0.717, 1.165) is 26.1 Å². The maximum absolute atomic E-state index is 11.5. The molecular weight excluding hydrogens is 190 g/mol. The Morgan fingerprint density at radius 1 is 1.40 bits per heavy atom. The van der Waals surface area contributed by atoms with E-state index in [0.29, 0.717) is 6.54 Å². The molecule has 0 saturated carbocycles. The summed E-state index contributed by atoms with van der Waals surface area (Å²) in [5, 5.41) is 6.01. The van der Waals surface area contributed by atoms with Crippen molar-refractivity contribution in [3.63, 3.8) is 0 Å². The summed E-state index contributed by atoms with van der Waals surface area (Å²) in [6.07, 6.45) is 1.08. The number of carbonyl (C=O) groups excluding carboxylic acids is 1. The normalized spacial score (nSPS) is 11.1. The van der Waals surface area contributed by atoms with Crippen LogP contribution in [-0.2, 0) is 4.79 Å². The summed E-state index contributed by atoms with van der Waals surface area (Å²) in [6, 6.07) is 0.230. The van der Waals surface area contributed by atoms with Gasteiger partial charge in [-0.15, -0.1) is 0 Å². The summed E-state index contributed by atoms with van der Waals surface area (Å²) < 4.78 is 0. The van der Waals surface area contributed by atoms with Gasteiger partial charge in [0.2, 0.25) is 5.91 Å². The molecule has 0 rings (SSSR count). The van der Waals surface area contributed by atoms with Gasteiger partial charge in [0.15, 0.2) is 0 Å². The molecule has 15 heavy (non-hydrogen) atoms. The average molecular weight is 215 g/mol. The van der Waals surface area contributed by atoms with Crippen molar-refractivity contribution in [3.8, 4) is 0 Å². The van der Waals surface area contributed by atoms with E-state index in [9.17, 15) is 4.79 Å². The molecule has 0 aromatic rings. The van der Waals surface area contributed by atoms with E-state index in [1.807, 2.05) is 20.9 Å². The van der Waals surface area contributed by atoms with Gasteiger partial charge in [-0.1, -0.05) is 6.92 Å². The van der Waals surface area contributed by atoms with Gasteiger partial charge in [-0.2, -0.15) is 0 Å². The van der Waals surface area contributed by atoms with E-state index in [1.165, 1.54) is 0 Å². The highest BCUT2D eigenvalue weighted by Crippen LogP contribution is 1.91. The van der Waals surface area contributed by atoms with E-state index in [2.05, 4.69) is 22.5 Å². The Kier molecular flexibility index (Phi) is 8.33. The molecule has 0 atom stereocenters. The summed E-state index contributed by atoms with van der Waals surface area (Å²) in [6.45, 7) is 9.46. The van der Waals surface area contributed by atoms with E-state index in [-0.39, 0.29) is 11.9 Å². The molecule has 4 heteroatoms. The first-order valence-electron chi connectivity index (χ1n) is 5.76. The third kappa shape index (κ3) is 8.39. The molecule has 0 radical (unpaired) electrons. The van der Waals surface area contributed by atoms with Gasteiger partial charge in [-0.25, -0.2) is 0 Å². The third-order valence-electron chi connectivity index (χ3n) is 2.17. The van der Waals surface area contributed by atoms with Gasteiger partial charge in [-0.05, 0) is 47.0 Å². The molecule has 0 aromatic heterocycles. The highest BCUT2D eigenvalue weighted by molar-refractivity contribution is 5.78. The molecule has 2 N–H and O–H groups in total. The molecule has 0 spiro atoms. The van der Waals surface area contributed by atoms with E-state index >= 15 is 0 Å². The Morgan fingerprint density at radius 2 is 2.07 bits per heavy atom. The molecule has 0 bridgehead atoms. The molecule has 90 valence electrons. The van der Waals surface area contributed by atoms with Crippen molar-refractivity contribution in [2.75, 3.05) is 33.2 Å². The SMILES string of the molecule is CCN(CCCNC)CC(=O)NC(C)C. The summed E-state index contributed by atoms with van der Waals surface area (Å²) in [7, 11) is 1.95. The maximum Gasteiger partial charge on any atom is 0.234 e. The number of carbonyl (C=O) groups is 1. The monoisotopic (exact) mass is 215 g/mol. The maximum atomic E-state index is 11.5. The lowest BCUT2D eigenvalue weighted by atomic mass is 10.3. The second-order valence-corrected chi connectivity index (χ2v) is 4.05. The van der Waals surface area contributed by atoms with Gasteiger partial charge in [0.1, 0.15) is 0 Å². The zero-order valence-electron chi connectivity index (χ0n) is 10.5. The number of amides is 1. The van der Waals surface area contributed by atoms with E-state index in [4.69, 9.17) is 0 Å². The Hall–Kier alpha value is -0.610. The lowest BCUT2D eigenvalue weighted by Crippen LogP contribution is -2.40. The Morgan fingerprint density at radius 3 is 2.53 bits per heavy atom. The number of rotatable bonds is 8. The number of nitrogens with zero attached hydrogens (tertiary/aromatic N) is 1. The fourth-order valence-electron chi connectivity index (χ4n) is 1.40. The number of hydrogen-bond donors (Lipinski definition) is 2. The van der Waals surface area contributed by atoms with Crippen molar-refractivity contribution in [1.82, 2.24) is 15.5 Å². The Bertz CT molecular complexity index is 171. The van der Waals surface area contributed by atoms with Crippen molar-refractivity contribution in [2.45, 2.75) is 33.2 Å². The first-order valence-corrected chi connectivity index (χ1v) is 5.76. The first kappa shape index (κ1) is 14.4. The summed E-state index contributed by atoms with van der Waals surface area (Å²) in [5.74, 6) is 0.122. The third-order valence-corrected chi connectivity index (χ3v) is 2.17. The van der Waals surface area contributed by atoms with Crippen LogP contribution in [0.4, 0.5) is 0 Å². The van der Waals surface area contributed by atoms with Crippen LogP contribution in [0.3, 0.4) is 0 Å². The van der Waals surface area contributed by atoms with Crippen LogP contribution in [0.5, 0.6) is 0 Å². The van der Waals surface area contributed by atoms with Gasteiger partial charge >= 0.3 is 0 Å². The molecule has 0 unspecified atom stereocenters. The molecule has 1 amide bonds. The van der Waals surface area contributed by atoms with Crippen LogP contribution >= 0.6 is 0 Å². The van der Waals surface area contributed by atoms with Gasteiger partial charge in [0.05, 0.1) is 6.54 Å². The molecule has 0 saturated heterocycles. The van der Waals surface area contributed by atoms with Crippen molar-refractivity contribution in [1.29, 1.82) is 0 Å². The van der Waals surface area contributed by atoms with Crippen LogP contribution in [0, 0.1) is 0 Å². The number of nitrogens with one attached hydrogen (secondary N) is 2. The fraction of sp³-hybridized carbons (Fsp3) is 0.909. The Labute approximate surface area is 93.4 Å². The highest BCUT2D eigenvalue weighted by atomic mass is 16.2. The summed E-state index contributed by atoms with van der Waals surface area (Å²) in [4.78, 5) is 13.6. The van der Waals surface area contributed by atoms with Crippen LogP contribution in [-0.4, -0.2) is 50.1 Å². The van der Waals surface area contributed by atoms with Gasteiger partial charge in [0, 0.05) is 6.04 Å². The second-order valence-electron chi connectivity index (χ2n) is 4.05. The minimum Gasteiger partial charge on any atom is -0.353 e. The van der Waals surface area contributed by atoms with Crippen LogP contribution in [0.15, 0.2) is 0 Å². The van der Waals surface area contributed by atoms with Crippen molar-refractivity contribution in [3.05, 3.63) is 0 Å². The minimum atomic E-state index is 0.122. The predicted molar refractivity (Wildman–Crippen MR) is 63.9 cm³/mol. The van der Waals surface area contributed by atoms with E-state index in [1.54, 1.807) is 0 Å². The molecule has 0 aromatic carbocycles. The first-order chi connectivity index (χ1) is 7.10. The van der Waals surface area contributed by atoms with Crippen molar-refractivity contribution in [2.24, 2.45) is 0 Å². The predicted octanol–water partition coefficient (Wildman–Crippen LogP) is 0.442. The molecule has 0 aliphatic rings. The minimum absolute atomic E-state index is 0.122. The van der Waals surface area contributed by atoms with Crippen molar-refractivity contribution < 1.29 is 4.79 Å². The largest absolute Gasteiger partial charge is 0.353 e. The van der Waals surface area contributed by atoms with Crippen LogP contribution in [0.25, 0.3) is 0 Å². The molecule has 0 aliphatic heterocycles. The summed E-state index contributed by atoms with van der Waals surface area (Å²) >= 11 is 0. The number of likely N-dealkylation sites (N-methyl/N-ethyl adjacent to an activating group) is 1. The van der Waals surface area contributed by atoms with Crippen LogP contribution in [0.2, 0.25) is 0 Å². The Balaban J connectivity index is 3.72. The van der Waals surface area contributed by atoms with Gasteiger partial charge in [-0.3, -0.25) is 9.69 Å². The average Bonchev–Trinajstić information content (AvgIpc) is 2.15. The molecule has 0 aliphatic carbocycles. The highest BCUT2D eigenvalue weighted by Gasteiger charge is 2.08. The molecular formula is C11H25N3O. The van der Waals surface area contributed by atoms with Crippen LogP contribution < -0.4 is 10.6 Å². The lowest BCUT2D eigenvalue weighted by molar-refractivity contribution is -0.122. The smallest absolute Gasteiger partial charge is 0.234 e. The van der Waals surface area contributed by atoms with Gasteiger partial charge in [0.25, 0.3) is 0 Å². The standard InChI is InChI=1S/C11H25N3O/c1-5-14(8-6-7-12-4)9-11(15)13-10(2)3/h10,12H,5-9H2,1-4H3,(H,13,15). The lowest BCUT2D eigenvalue weighted by Gasteiger charge is -2.20. The topological polar surface area (TPSA) is 44.4 Å². The van der Waals surface area contributed by atoms with E-state index < -0.39 is 0 Å². The quantitative estimate of drug-likeness (QED) is 0.578. The molecule has 0 heterocycles. The molecule has 0 fully saturated rings. The number of hydrogen-bond acceptors (Lipinski definition) is 3. The molecule has 4 nitrogen and oxygen atoms in total. The van der Waals surface area contributed by atoms with Gasteiger partial charge < -0.3 is 10.6 Å². The summed E-state index contributed by atoms with van der Waals surface area (Å²) in [5.41, 5.74) is 0. The van der Waals surface area contributed by atoms with Crippen molar-refractivity contribution >= 4 is 5.91 Å². The zero-order valence-corrected chi connectivity index (χ0v) is 10.5. The zero-order chi connectivity index (χ0) is 11.7.